The Bertz CT molecular complexity index is 361. The van der Waals surface area contributed by atoms with Crippen molar-refractivity contribution >= 4 is 0 Å². The van der Waals surface area contributed by atoms with Gasteiger partial charge in [0.25, 0.3) is 0 Å². The van der Waals surface area contributed by atoms with Gasteiger partial charge in [-0.2, -0.15) is 0 Å². The van der Waals surface area contributed by atoms with Gasteiger partial charge in [0, 0.05) is 6.04 Å². The number of unbranched alkanes of at least 4 members (excludes halogenated alkanes) is 15. The minimum Gasteiger partial charge on any atom is -0.494 e. The Morgan fingerprint density at radius 2 is 1.23 bits per heavy atom. The first-order valence-corrected chi connectivity index (χ1v) is 11.6. The Balaban J connectivity index is 1.70. The minimum absolute atomic E-state index is 0.179. The van der Waals surface area contributed by atoms with E-state index in [1.54, 1.807) is 0 Å². The van der Waals surface area contributed by atoms with Gasteiger partial charge in [0.15, 0.2) is 0 Å². The van der Waals surface area contributed by atoms with E-state index in [-0.39, 0.29) is 6.04 Å². The molecule has 1 rings (SSSR count). The highest BCUT2D eigenvalue weighted by molar-refractivity contribution is 5.19. The second-order valence-electron chi connectivity index (χ2n) is 8.02. The van der Waals surface area contributed by atoms with Crippen molar-refractivity contribution in [2.45, 2.75) is 122 Å². The molecule has 0 amide bonds. The first kappa shape index (κ1) is 23.3. The smallest absolute Gasteiger partial charge is 0.115 e. The van der Waals surface area contributed by atoms with E-state index < -0.39 is 0 Å². The van der Waals surface area contributed by atoms with Gasteiger partial charge in [0.1, 0.15) is 5.76 Å². The van der Waals surface area contributed by atoms with E-state index in [1.165, 1.54) is 103 Å². The van der Waals surface area contributed by atoms with E-state index in [2.05, 4.69) is 13.0 Å². The number of nitrogens with two attached hydrogens (primary N) is 1. The summed E-state index contributed by atoms with van der Waals surface area (Å²) < 4.78 is 5.77. The highest BCUT2D eigenvalue weighted by Gasteiger charge is 2.03. The maximum absolute atomic E-state index is 5.80. The van der Waals surface area contributed by atoms with Crippen LogP contribution in [0.3, 0.4) is 0 Å². The quantitative estimate of drug-likeness (QED) is 0.257. The summed E-state index contributed by atoms with van der Waals surface area (Å²) in [4.78, 5) is 0. The molecule has 1 atom stereocenters. The molecule has 0 heterocycles. The van der Waals surface area contributed by atoms with Crippen molar-refractivity contribution in [3.8, 4) is 0 Å². The number of hydrogen-bond donors (Lipinski definition) is 1. The zero-order chi connectivity index (χ0) is 18.7. The van der Waals surface area contributed by atoms with Gasteiger partial charge in [-0.25, -0.2) is 0 Å². The van der Waals surface area contributed by atoms with E-state index >= 15 is 0 Å². The van der Waals surface area contributed by atoms with Crippen LogP contribution < -0.4 is 5.73 Å². The number of hydrogen-bond acceptors (Lipinski definition) is 2. The van der Waals surface area contributed by atoms with Gasteiger partial charge in [0.2, 0.25) is 0 Å². The molecule has 0 saturated carbocycles. The summed E-state index contributed by atoms with van der Waals surface area (Å²) >= 11 is 0. The molecule has 1 aliphatic carbocycles. The summed E-state index contributed by atoms with van der Waals surface area (Å²) in [5.74, 6) is 1.01. The van der Waals surface area contributed by atoms with E-state index in [9.17, 15) is 0 Å². The topological polar surface area (TPSA) is 35.2 Å². The average molecular weight is 364 g/mol. The van der Waals surface area contributed by atoms with E-state index in [1.807, 2.05) is 12.2 Å². The summed E-state index contributed by atoms with van der Waals surface area (Å²) in [6, 6.07) is 0.179. The molecular formula is C24H45NO. The van der Waals surface area contributed by atoms with Gasteiger partial charge in [-0.05, 0) is 25.0 Å². The van der Waals surface area contributed by atoms with Crippen LogP contribution >= 0.6 is 0 Å². The van der Waals surface area contributed by atoms with Gasteiger partial charge < -0.3 is 10.5 Å². The molecule has 0 fully saturated rings. The van der Waals surface area contributed by atoms with Crippen LogP contribution in [0.15, 0.2) is 24.0 Å². The summed E-state index contributed by atoms with van der Waals surface area (Å²) in [6.07, 6.45) is 29.6. The fourth-order valence-corrected chi connectivity index (χ4v) is 3.56. The lowest BCUT2D eigenvalue weighted by Crippen LogP contribution is -2.17. The van der Waals surface area contributed by atoms with Crippen molar-refractivity contribution in [3.05, 3.63) is 24.0 Å². The minimum atomic E-state index is 0.179. The van der Waals surface area contributed by atoms with Crippen molar-refractivity contribution in [1.82, 2.24) is 0 Å². The van der Waals surface area contributed by atoms with Crippen LogP contribution in [0, 0.1) is 0 Å². The Morgan fingerprint density at radius 3 is 1.65 bits per heavy atom. The molecule has 2 N–H and O–H groups in total. The van der Waals surface area contributed by atoms with Crippen LogP contribution in [0.4, 0.5) is 0 Å². The average Bonchev–Trinajstić information content (AvgIpc) is 2.66. The predicted octanol–water partition coefficient (Wildman–Crippen LogP) is 7.44. The number of ether oxygens (including phenoxy) is 1. The van der Waals surface area contributed by atoms with Crippen LogP contribution in [0.1, 0.15) is 116 Å². The second kappa shape index (κ2) is 17.6. The van der Waals surface area contributed by atoms with Crippen LogP contribution in [-0.2, 0) is 4.74 Å². The third-order valence-corrected chi connectivity index (χ3v) is 5.37. The summed E-state index contributed by atoms with van der Waals surface area (Å²) in [5.41, 5.74) is 5.80. The highest BCUT2D eigenvalue weighted by Crippen LogP contribution is 2.14. The fourth-order valence-electron chi connectivity index (χ4n) is 3.56. The summed E-state index contributed by atoms with van der Waals surface area (Å²) in [5, 5.41) is 0. The van der Waals surface area contributed by atoms with E-state index in [0.717, 1.165) is 18.8 Å². The van der Waals surface area contributed by atoms with Crippen LogP contribution in [0.2, 0.25) is 0 Å². The normalized spacial score (nSPS) is 16.7. The van der Waals surface area contributed by atoms with Crippen molar-refractivity contribution in [3.63, 3.8) is 0 Å². The molecule has 0 aromatic rings. The van der Waals surface area contributed by atoms with Crippen LogP contribution in [0.5, 0.6) is 0 Å². The Morgan fingerprint density at radius 1 is 0.769 bits per heavy atom. The predicted molar refractivity (Wildman–Crippen MR) is 115 cm³/mol. The van der Waals surface area contributed by atoms with E-state index in [4.69, 9.17) is 10.5 Å². The molecule has 2 heteroatoms. The highest BCUT2D eigenvalue weighted by atomic mass is 16.5. The molecule has 1 unspecified atom stereocenters. The third kappa shape index (κ3) is 14.4. The van der Waals surface area contributed by atoms with Gasteiger partial charge in [-0.1, -0.05) is 109 Å². The van der Waals surface area contributed by atoms with E-state index in [0.29, 0.717) is 0 Å². The monoisotopic (exact) mass is 363 g/mol. The lowest BCUT2D eigenvalue weighted by molar-refractivity contribution is 0.214. The van der Waals surface area contributed by atoms with Crippen molar-refractivity contribution in [2.24, 2.45) is 5.73 Å². The van der Waals surface area contributed by atoms with Gasteiger partial charge >= 0.3 is 0 Å². The maximum atomic E-state index is 5.80. The fraction of sp³-hybridized carbons (Fsp3) is 0.833. The second-order valence-corrected chi connectivity index (χ2v) is 8.02. The Kier molecular flexibility index (Phi) is 15.8. The summed E-state index contributed by atoms with van der Waals surface area (Å²) in [7, 11) is 0. The molecule has 0 aromatic carbocycles. The van der Waals surface area contributed by atoms with Gasteiger partial charge in [-0.3, -0.25) is 0 Å². The molecule has 0 aliphatic heterocycles. The first-order valence-electron chi connectivity index (χ1n) is 11.6. The maximum Gasteiger partial charge on any atom is 0.115 e. The number of allylic oxidation sites excluding steroid dienone is 1. The van der Waals surface area contributed by atoms with Crippen molar-refractivity contribution < 1.29 is 4.74 Å². The molecule has 0 aromatic heterocycles. The third-order valence-electron chi connectivity index (χ3n) is 5.37. The van der Waals surface area contributed by atoms with Gasteiger partial charge in [-0.15, -0.1) is 0 Å². The first-order chi connectivity index (χ1) is 12.8. The molecule has 0 spiro atoms. The molecule has 152 valence electrons. The van der Waals surface area contributed by atoms with Crippen LogP contribution in [-0.4, -0.2) is 12.6 Å². The molecule has 2 nitrogen and oxygen atoms in total. The Hall–Kier alpha value is -0.760. The zero-order valence-corrected chi connectivity index (χ0v) is 17.5. The molecule has 1 aliphatic rings. The molecular weight excluding hydrogens is 318 g/mol. The largest absolute Gasteiger partial charge is 0.494 e. The summed E-state index contributed by atoms with van der Waals surface area (Å²) in [6.45, 7) is 3.14. The SMILES string of the molecule is CCCCCCCCCCCCCCCCCCOC1=CCC(N)C=C1. The Labute approximate surface area is 163 Å². The lowest BCUT2D eigenvalue weighted by atomic mass is 10.0. The van der Waals surface area contributed by atoms with Crippen molar-refractivity contribution in [2.75, 3.05) is 6.61 Å². The molecule has 0 saturated heterocycles. The lowest BCUT2D eigenvalue weighted by Gasteiger charge is -2.13. The molecule has 0 radical (unpaired) electrons. The van der Waals surface area contributed by atoms with Gasteiger partial charge in [0.05, 0.1) is 6.61 Å². The standard InChI is InChI=1S/C24H45NO/c1-2-3-4-5-6-7-8-9-10-11-12-13-14-15-16-17-22-26-24-20-18-23(25)19-21-24/h18,20-21,23H,2-17,19,22,25H2,1H3. The molecule has 26 heavy (non-hydrogen) atoms. The zero-order valence-electron chi connectivity index (χ0n) is 17.5. The molecule has 0 bridgehead atoms. The van der Waals surface area contributed by atoms with Crippen molar-refractivity contribution in [1.29, 1.82) is 0 Å². The van der Waals surface area contributed by atoms with Crippen LogP contribution in [0.25, 0.3) is 0 Å². The number of rotatable bonds is 18.